The summed E-state index contributed by atoms with van der Waals surface area (Å²) in [5.74, 6) is 5.48. The highest BCUT2D eigenvalue weighted by Gasteiger charge is 2.59. The van der Waals surface area contributed by atoms with Crippen LogP contribution in [0.25, 0.3) is 0 Å². The first-order valence-corrected chi connectivity index (χ1v) is 26.3. The van der Waals surface area contributed by atoms with Gasteiger partial charge >= 0.3 is 6.09 Å². The molecule has 8 nitrogen and oxygen atoms in total. The van der Waals surface area contributed by atoms with E-state index in [-0.39, 0.29) is 36.0 Å². The number of aliphatic hydroxyl groups is 1. The van der Waals surface area contributed by atoms with E-state index in [2.05, 4.69) is 70.3 Å². The average Bonchev–Trinajstić information content (AvgIpc) is 3.90. The number of amides is 2. The van der Waals surface area contributed by atoms with Crippen LogP contribution in [0.4, 0.5) is 4.79 Å². The van der Waals surface area contributed by atoms with E-state index in [1.165, 1.54) is 51.4 Å². The van der Waals surface area contributed by atoms with Gasteiger partial charge in [-0.2, -0.15) is 0 Å². The molecule has 0 spiro atoms. The van der Waals surface area contributed by atoms with Gasteiger partial charge in [-0.3, -0.25) is 4.79 Å². The molecule has 3 aromatic rings. The van der Waals surface area contributed by atoms with E-state index >= 15 is 0 Å². The fraction of sp³-hybridized carbons (Fsp3) is 0.627. The maximum absolute atomic E-state index is 13.4. The summed E-state index contributed by atoms with van der Waals surface area (Å²) in [6, 6.07) is 28.3. The maximum Gasteiger partial charge on any atom is 0.407 e. The van der Waals surface area contributed by atoms with Crippen LogP contribution in [0.2, 0.25) is 0 Å². The zero-order valence-electron chi connectivity index (χ0n) is 41.7. The molecule has 4 fully saturated rings. The van der Waals surface area contributed by atoms with Crippen molar-refractivity contribution in [3.8, 4) is 5.75 Å². The minimum Gasteiger partial charge on any atom is -0.497 e. The largest absolute Gasteiger partial charge is 0.497 e. The summed E-state index contributed by atoms with van der Waals surface area (Å²) >= 11 is 0. The molecular weight excluding hydrogens is 833 g/mol. The van der Waals surface area contributed by atoms with Crippen molar-refractivity contribution >= 4 is 12.0 Å². The van der Waals surface area contributed by atoms with Crippen molar-refractivity contribution in [3.63, 3.8) is 0 Å². The summed E-state index contributed by atoms with van der Waals surface area (Å²) in [7, 11) is 1.66. The lowest BCUT2D eigenvalue weighted by Crippen LogP contribution is -2.51. The zero-order valence-corrected chi connectivity index (χ0v) is 41.7. The predicted molar refractivity (Wildman–Crippen MR) is 268 cm³/mol. The van der Waals surface area contributed by atoms with Crippen molar-refractivity contribution in [2.75, 3.05) is 33.4 Å². The SMILES string of the molecule is COc1ccc(C(OCC2CN(C(=O)CCCCCNC(=O)O[C@H]3CC[C@@]4(C)C(=CCC5C4CC[C@@]4(C)C5CC[C@@H]4C(C)CCCC(C)C)C3)CC2O)(c2ccccc2)c2ccccc2)cc1. The second kappa shape index (κ2) is 21.7. The number of aliphatic hydroxyl groups excluding tert-OH is 1. The van der Waals surface area contributed by atoms with Crippen molar-refractivity contribution in [2.45, 2.75) is 149 Å². The molecule has 364 valence electrons. The Morgan fingerprint density at radius 1 is 0.806 bits per heavy atom. The van der Waals surface area contributed by atoms with Crippen LogP contribution in [0, 0.1) is 52.3 Å². The average molecular weight is 915 g/mol. The lowest BCUT2D eigenvalue weighted by atomic mass is 9.47. The Morgan fingerprint density at radius 2 is 1.51 bits per heavy atom. The van der Waals surface area contributed by atoms with Gasteiger partial charge in [-0.15, -0.1) is 0 Å². The predicted octanol–water partition coefficient (Wildman–Crippen LogP) is 12.5. The molecule has 0 bridgehead atoms. The third-order valence-corrected chi connectivity index (χ3v) is 18.0. The van der Waals surface area contributed by atoms with E-state index in [1.807, 2.05) is 60.7 Å². The molecule has 3 aromatic carbocycles. The number of unbranched alkanes of at least 4 members (excludes halogenated alkanes) is 2. The van der Waals surface area contributed by atoms with E-state index in [1.54, 1.807) is 17.6 Å². The number of nitrogens with zero attached hydrogens (tertiary/aromatic N) is 1. The number of methoxy groups -OCH3 is 1. The Hall–Kier alpha value is -4.14. The number of alkyl carbamates (subject to hydrolysis) is 1. The monoisotopic (exact) mass is 915 g/mol. The molecule has 0 radical (unpaired) electrons. The number of hydrogen-bond acceptors (Lipinski definition) is 6. The first-order valence-electron chi connectivity index (χ1n) is 26.3. The number of hydrogen-bond donors (Lipinski definition) is 2. The number of nitrogens with one attached hydrogen (secondary N) is 1. The lowest BCUT2D eigenvalue weighted by molar-refractivity contribution is -0.130. The third-order valence-electron chi connectivity index (χ3n) is 18.0. The molecule has 67 heavy (non-hydrogen) atoms. The molecule has 0 aromatic heterocycles. The van der Waals surface area contributed by atoms with Gasteiger partial charge in [0, 0.05) is 38.4 Å². The maximum atomic E-state index is 13.4. The highest BCUT2D eigenvalue weighted by Crippen LogP contribution is 2.67. The van der Waals surface area contributed by atoms with Gasteiger partial charge < -0.3 is 29.5 Å². The van der Waals surface area contributed by atoms with Crippen LogP contribution in [0.15, 0.2) is 96.6 Å². The third kappa shape index (κ3) is 10.6. The van der Waals surface area contributed by atoms with Gasteiger partial charge in [0.1, 0.15) is 17.5 Å². The zero-order chi connectivity index (χ0) is 47.2. The number of allylic oxidation sites excluding steroid dienone is 1. The van der Waals surface area contributed by atoms with Crippen LogP contribution < -0.4 is 10.1 Å². The molecule has 2 amide bonds. The molecule has 10 atom stereocenters. The van der Waals surface area contributed by atoms with E-state index in [4.69, 9.17) is 14.2 Å². The number of ether oxygens (including phenoxy) is 3. The second-order valence-electron chi connectivity index (χ2n) is 22.4. The summed E-state index contributed by atoms with van der Waals surface area (Å²) in [6.45, 7) is 14.0. The molecule has 8 heteroatoms. The summed E-state index contributed by atoms with van der Waals surface area (Å²) in [5, 5.41) is 14.3. The number of β-amino-alcohol motifs (C(OH)–C–C–N with tert-alkyl or cyclic N) is 1. The first kappa shape index (κ1) is 49.3. The van der Waals surface area contributed by atoms with Crippen LogP contribution in [-0.2, 0) is 19.9 Å². The van der Waals surface area contributed by atoms with E-state index < -0.39 is 11.7 Å². The molecule has 6 unspecified atom stereocenters. The van der Waals surface area contributed by atoms with E-state index in [9.17, 15) is 14.7 Å². The molecule has 2 N–H and O–H groups in total. The van der Waals surface area contributed by atoms with Crippen LogP contribution in [0.5, 0.6) is 5.75 Å². The molecule has 1 aliphatic heterocycles. The number of rotatable bonds is 19. The summed E-state index contributed by atoms with van der Waals surface area (Å²) in [6.07, 6.45) is 18.1. The number of fused-ring (bicyclic) bond motifs is 5. The van der Waals surface area contributed by atoms with Gasteiger partial charge in [-0.25, -0.2) is 4.79 Å². The van der Waals surface area contributed by atoms with Gasteiger partial charge in [-0.1, -0.05) is 145 Å². The second-order valence-corrected chi connectivity index (χ2v) is 22.4. The van der Waals surface area contributed by atoms with E-state index in [0.717, 1.165) is 96.5 Å². The van der Waals surface area contributed by atoms with Gasteiger partial charge in [0.15, 0.2) is 0 Å². The van der Waals surface area contributed by atoms with Crippen LogP contribution in [0.3, 0.4) is 0 Å². The standard InChI is InChI=1S/C59H82N2O6/c1-41(2)17-16-18-42(3)51-30-31-52-50-29-26-47-37-49(32-34-57(47,4)53(50)33-35-58(51,52)5)67-56(64)60-36-15-9-14-23-55(63)61-38-43(54(62)39-61)40-66-59(44-19-10-7-11-20-44,45-21-12-8-13-22-45)46-24-27-48(65-6)28-25-46/h7-8,10-13,19-22,24-28,41-43,49-54,62H,9,14-18,23,29-40H2,1-6H3,(H,60,64)/t42?,43?,49-,50?,51+,52?,53?,54?,57-,58+/m0/s1. The smallest absolute Gasteiger partial charge is 0.407 e. The van der Waals surface area contributed by atoms with E-state index in [0.29, 0.717) is 31.5 Å². The van der Waals surface area contributed by atoms with Crippen LogP contribution >= 0.6 is 0 Å². The number of carbonyl (C=O) groups is 2. The molecule has 8 rings (SSSR count). The van der Waals surface area contributed by atoms with Gasteiger partial charge in [0.05, 0.1) is 19.8 Å². The number of benzene rings is 3. The first-order chi connectivity index (χ1) is 32.4. The van der Waals surface area contributed by atoms with Crippen molar-refractivity contribution in [3.05, 3.63) is 113 Å². The van der Waals surface area contributed by atoms with Crippen LogP contribution in [0.1, 0.15) is 148 Å². The molecule has 1 saturated heterocycles. The minimum absolute atomic E-state index is 0.0471. The molecule has 3 saturated carbocycles. The van der Waals surface area contributed by atoms with Crippen molar-refractivity contribution < 1.29 is 28.9 Å². The number of carbonyl (C=O) groups excluding carboxylic acids is 2. The van der Waals surface area contributed by atoms with Gasteiger partial charge in [-0.05, 0) is 133 Å². The summed E-state index contributed by atoms with van der Waals surface area (Å²) < 4.78 is 18.6. The Balaban J connectivity index is 0.764. The fourth-order valence-electron chi connectivity index (χ4n) is 14.2. The number of likely N-dealkylation sites (tertiary alicyclic amines) is 1. The van der Waals surface area contributed by atoms with Gasteiger partial charge in [0.2, 0.25) is 5.91 Å². The fourth-order valence-corrected chi connectivity index (χ4v) is 14.2. The Morgan fingerprint density at radius 3 is 2.19 bits per heavy atom. The minimum atomic E-state index is -0.940. The Bertz CT molecular complexity index is 2070. The van der Waals surface area contributed by atoms with Gasteiger partial charge in [0.25, 0.3) is 0 Å². The molecule has 1 heterocycles. The van der Waals surface area contributed by atoms with Crippen LogP contribution in [-0.4, -0.2) is 67.6 Å². The summed E-state index contributed by atoms with van der Waals surface area (Å²) in [5.41, 5.74) is 4.24. The van der Waals surface area contributed by atoms with Crippen molar-refractivity contribution in [1.29, 1.82) is 0 Å². The van der Waals surface area contributed by atoms with Crippen molar-refractivity contribution in [1.82, 2.24) is 10.2 Å². The Labute approximate surface area is 403 Å². The quantitative estimate of drug-likeness (QED) is 0.0706. The highest BCUT2D eigenvalue weighted by molar-refractivity contribution is 5.76. The lowest BCUT2D eigenvalue weighted by Gasteiger charge is -2.58. The normalized spacial score (nSPS) is 29.6. The molecule has 4 aliphatic carbocycles. The Kier molecular flexibility index (Phi) is 15.9. The molecular formula is C59H82N2O6. The topological polar surface area (TPSA) is 97.3 Å². The van der Waals surface area contributed by atoms with Crippen molar-refractivity contribution in [2.24, 2.45) is 52.3 Å². The summed E-state index contributed by atoms with van der Waals surface area (Å²) in [4.78, 5) is 28.3. The molecule has 5 aliphatic rings. The highest BCUT2D eigenvalue weighted by atomic mass is 16.6.